The quantitative estimate of drug-likeness (QED) is 0.486. The van der Waals surface area contributed by atoms with Crippen molar-refractivity contribution in [3.8, 4) is 5.00 Å². The number of benzene rings is 1. The molecule has 24 heavy (non-hydrogen) atoms. The van der Waals surface area contributed by atoms with Crippen molar-refractivity contribution in [1.29, 1.82) is 0 Å². The lowest BCUT2D eigenvalue weighted by Crippen LogP contribution is -1.98. The highest BCUT2D eigenvalue weighted by molar-refractivity contribution is 7.14. The van der Waals surface area contributed by atoms with Crippen LogP contribution < -0.4 is 5.43 Å². The largest absolute Gasteiger partial charge is 0.289 e. The number of hydrogen-bond acceptors (Lipinski definition) is 4. The fourth-order valence-corrected chi connectivity index (χ4v) is 3.80. The van der Waals surface area contributed by atoms with Gasteiger partial charge in [0.25, 0.3) is 0 Å². The molecule has 0 amide bonds. The van der Waals surface area contributed by atoms with Crippen LogP contribution in [0.5, 0.6) is 0 Å². The van der Waals surface area contributed by atoms with Gasteiger partial charge in [0.15, 0.2) is 11.3 Å². The number of aromatic nitrogens is 3. The highest BCUT2D eigenvalue weighted by atomic mass is 35.5. The maximum absolute atomic E-state index is 10.7. The maximum Gasteiger partial charge on any atom is 0.196 e. The van der Waals surface area contributed by atoms with Gasteiger partial charge in [0.2, 0.25) is 0 Å². The van der Waals surface area contributed by atoms with E-state index in [1.54, 1.807) is 29.5 Å². The van der Waals surface area contributed by atoms with E-state index in [4.69, 9.17) is 23.2 Å². The first-order chi connectivity index (χ1) is 11.6. The molecular weight excluding hydrogens is 365 g/mol. The van der Waals surface area contributed by atoms with Gasteiger partial charge < -0.3 is 0 Å². The highest BCUT2D eigenvalue weighted by Crippen LogP contribution is 2.24. The maximum atomic E-state index is 10.7. The number of nitrogens with zero attached hydrogens (tertiary/aromatic N) is 3. The average molecular weight is 380 g/mol. The predicted octanol–water partition coefficient (Wildman–Crippen LogP) is 4.67. The lowest BCUT2D eigenvalue weighted by molar-refractivity contribution is 0.943. The van der Waals surface area contributed by atoms with Crippen LogP contribution in [0.3, 0.4) is 0 Å². The molecular formula is C17H15Cl2N3OS. The van der Waals surface area contributed by atoms with E-state index in [0.29, 0.717) is 16.3 Å². The molecule has 0 aliphatic carbocycles. The van der Waals surface area contributed by atoms with E-state index >= 15 is 0 Å². The van der Waals surface area contributed by atoms with Crippen LogP contribution in [0.1, 0.15) is 23.4 Å². The van der Waals surface area contributed by atoms with Crippen LogP contribution in [0.15, 0.2) is 35.1 Å². The Bertz CT molecular complexity index is 995. The van der Waals surface area contributed by atoms with Gasteiger partial charge in [-0.3, -0.25) is 9.36 Å². The summed E-state index contributed by atoms with van der Waals surface area (Å²) in [6.07, 6.45) is 1.06. The van der Waals surface area contributed by atoms with Crippen LogP contribution in [0.25, 0.3) is 15.8 Å². The summed E-state index contributed by atoms with van der Waals surface area (Å²) in [5.41, 5.74) is 0.102. The van der Waals surface area contributed by atoms with E-state index in [-0.39, 0.29) is 5.43 Å². The monoisotopic (exact) mass is 379 g/mol. The molecule has 2 aromatic heterocycles. The fraction of sp³-hybridized carbons (Fsp3) is 0.235. The van der Waals surface area contributed by atoms with Crippen molar-refractivity contribution in [2.75, 3.05) is 0 Å². The third kappa shape index (κ3) is 3.24. The molecule has 0 saturated heterocycles. The van der Waals surface area contributed by atoms with E-state index in [2.05, 4.69) is 29.3 Å². The molecule has 0 unspecified atom stereocenters. The average Bonchev–Trinajstić information content (AvgIpc) is 2.93. The van der Waals surface area contributed by atoms with Crippen molar-refractivity contribution in [2.45, 2.75) is 26.1 Å². The second-order valence-electron chi connectivity index (χ2n) is 5.22. The summed E-state index contributed by atoms with van der Waals surface area (Å²) in [4.78, 5) is 12.0. The Hall–Kier alpha value is -1.69. The Labute approximate surface area is 153 Å². The molecule has 4 rings (SSSR count). The summed E-state index contributed by atoms with van der Waals surface area (Å²) in [6.45, 7) is 4.09. The molecule has 0 spiro atoms. The number of alkyl halides is 1. The van der Waals surface area contributed by atoms with E-state index in [1.807, 2.05) is 11.5 Å². The number of halogens is 2. The minimum absolute atomic E-state index is 0.102. The minimum Gasteiger partial charge on any atom is -0.289 e. The standard InChI is InChI=1S/C10H12ClN3S.C7H3ClO/c1-3-8-4-5-10(15-8)14-7(2)12-13-9(14)6-11;8-5-3-1-2-4-6(5)7(4)9/h4-5H,3,6H2,1-2H3;1-3H. The van der Waals surface area contributed by atoms with Crippen LogP contribution >= 0.6 is 34.5 Å². The lowest BCUT2D eigenvalue weighted by Gasteiger charge is -2.02. The second kappa shape index (κ2) is 7.05. The van der Waals surface area contributed by atoms with Crippen LogP contribution in [-0.2, 0) is 12.3 Å². The zero-order valence-corrected chi connectivity index (χ0v) is 15.5. The first-order valence-electron chi connectivity index (χ1n) is 7.46. The van der Waals surface area contributed by atoms with Crippen molar-refractivity contribution in [2.24, 2.45) is 0 Å². The molecule has 0 bridgehead atoms. The van der Waals surface area contributed by atoms with E-state index in [0.717, 1.165) is 28.5 Å². The molecule has 124 valence electrons. The summed E-state index contributed by atoms with van der Waals surface area (Å²) in [5, 5.41) is 11.3. The van der Waals surface area contributed by atoms with E-state index in [1.165, 1.54) is 4.88 Å². The van der Waals surface area contributed by atoms with E-state index < -0.39 is 0 Å². The number of aryl methyl sites for hydroxylation is 2. The zero-order valence-electron chi connectivity index (χ0n) is 13.2. The van der Waals surface area contributed by atoms with Gasteiger partial charge in [-0.1, -0.05) is 30.7 Å². The van der Waals surface area contributed by atoms with Gasteiger partial charge in [0.1, 0.15) is 10.8 Å². The summed E-state index contributed by atoms with van der Waals surface area (Å²) >= 11 is 13.2. The van der Waals surface area contributed by atoms with Crippen LogP contribution in [0, 0.1) is 6.92 Å². The first-order valence-corrected chi connectivity index (χ1v) is 9.18. The Morgan fingerprint density at radius 1 is 1.21 bits per heavy atom. The molecule has 0 N–H and O–H groups in total. The summed E-state index contributed by atoms with van der Waals surface area (Å²) in [5.74, 6) is 2.08. The smallest absolute Gasteiger partial charge is 0.196 e. The van der Waals surface area contributed by atoms with Crippen molar-refractivity contribution in [1.82, 2.24) is 14.8 Å². The minimum atomic E-state index is 0.102. The second-order valence-corrected chi connectivity index (χ2v) is 7.04. The van der Waals surface area contributed by atoms with Gasteiger partial charge in [-0.05, 0) is 31.5 Å². The summed E-state index contributed by atoms with van der Waals surface area (Å²) < 4.78 is 2.01. The Balaban J connectivity index is 0.000000159. The van der Waals surface area contributed by atoms with Crippen LogP contribution in [0.2, 0.25) is 5.02 Å². The number of hydrogen-bond donors (Lipinski definition) is 0. The van der Waals surface area contributed by atoms with Gasteiger partial charge in [-0.2, -0.15) is 0 Å². The Morgan fingerprint density at radius 3 is 2.58 bits per heavy atom. The van der Waals surface area contributed by atoms with Gasteiger partial charge in [0.05, 0.1) is 16.3 Å². The molecule has 2 heterocycles. The third-order valence-electron chi connectivity index (χ3n) is 3.65. The van der Waals surface area contributed by atoms with Gasteiger partial charge >= 0.3 is 0 Å². The van der Waals surface area contributed by atoms with Crippen molar-refractivity contribution >= 4 is 45.3 Å². The summed E-state index contributed by atoms with van der Waals surface area (Å²) in [7, 11) is 0. The van der Waals surface area contributed by atoms with E-state index in [9.17, 15) is 4.79 Å². The topological polar surface area (TPSA) is 47.8 Å². The molecule has 4 nitrogen and oxygen atoms in total. The van der Waals surface area contributed by atoms with Crippen molar-refractivity contribution in [3.05, 3.63) is 62.1 Å². The van der Waals surface area contributed by atoms with Crippen molar-refractivity contribution < 1.29 is 0 Å². The van der Waals surface area contributed by atoms with Crippen molar-refractivity contribution in [3.63, 3.8) is 0 Å². The molecule has 4 aromatic rings. The molecule has 0 saturated carbocycles. The molecule has 0 atom stereocenters. The lowest BCUT2D eigenvalue weighted by atomic mass is 10.4. The number of thiophene rings is 1. The number of rotatable bonds is 3. The molecule has 0 radical (unpaired) electrons. The molecule has 0 fully saturated rings. The van der Waals surface area contributed by atoms with Gasteiger partial charge in [-0.25, -0.2) is 0 Å². The van der Waals surface area contributed by atoms with Crippen LogP contribution in [0.4, 0.5) is 0 Å². The third-order valence-corrected chi connectivity index (χ3v) is 5.42. The predicted molar refractivity (Wildman–Crippen MR) is 101 cm³/mol. The zero-order chi connectivity index (χ0) is 17.3. The van der Waals surface area contributed by atoms with Crippen LogP contribution in [-0.4, -0.2) is 14.8 Å². The molecule has 0 aliphatic heterocycles. The fourth-order valence-electron chi connectivity index (χ4n) is 2.35. The molecule has 2 aromatic carbocycles. The Morgan fingerprint density at radius 2 is 2.00 bits per heavy atom. The molecule has 7 heteroatoms. The van der Waals surface area contributed by atoms with Gasteiger partial charge in [0, 0.05) is 10.3 Å². The Kier molecular flexibility index (Phi) is 5.04. The number of fused-ring (bicyclic) bond motifs is 1. The highest BCUT2D eigenvalue weighted by Gasteiger charge is 2.13. The SMILES string of the molecule is CCc1ccc(-n2c(C)nnc2CCl)s1.O=c1c2cccc(Cl)c12. The first kappa shape index (κ1) is 17.1. The normalized spacial score (nSPS) is 11.0. The molecule has 0 aliphatic rings. The summed E-state index contributed by atoms with van der Waals surface area (Å²) in [6, 6.07) is 9.52. The van der Waals surface area contributed by atoms with Gasteiger partial charge in [-0.15, -0.1) is 33.1 Å².